The minimum absolute atomic E-state index is 0.884. The van der Waals surface area contributed by atoms with Crippen molar-refractivity contribution in [3.63, 3.8) is 0 Å². The maximum absolute atomic E-state index is 4.53. The number of aryl methyl sites for hydroxylation is 1. The van der Waals surface area contributed by atoms with Crippen LogP contribution < -0.4 is 10.6 Å². The Balaban J connectivity index is 2.32. The number of aliphatic imine (C=N–C) groups is 1. The molecule has 19 heavy (non-hydrogen) atoms. The Morgan fingerprint density at radius 1 is 1.32 bits per heavy atom. The standard InChI is InChI=1S/C14H26N4S/c1-4-7-9-16-14(15-6-3)17-10-8-13-18-11-12(5-2)19-13/h11H,4-10H2,1-3H3,(H2,15,16,17). The van der Waals surface area contributed by atoms with E-state index in [0.717, 1.165) is 44.9 Å². The fourth-order valence-electron chi connectivity index (χ4n) is 1.61. The second-order valence-corrected chi connectivity index (χ2v) is 5.56. The lowest BCUT2D eigenvalue weighted by Gasteiger charge is -2.10. The maximum Gasteiger partial charge on any atom is 0.191 e. The average Bonchev–Trinajstić information content (AvgIpc) is 2.87. The first-order valence-electron chi connectivity index (χ1n) is 7.25. The largest absolute Gasteiger partial charge is 0.357 e. The zero-order valence-corrected chi connectivity index (χ0v) is 13.1. The zero-order valence-electron chi connectivity index (χ0n) is 12.3. The third kappa shape index (κ3) is 6.57. The molecule has 1 heterocycles. The molecule has 0 unspecified atom stereocenters. The summed E-state index contributed by atoms with van der Waals surface area (Å²) in [6, 6.07) is 0. The Morgan fingerprint density at radius 3 is 2.79 bits per heavy atom. The van der Waals surface area contributed by atoms with Gasteiger partial charge in [0.2, 0.25) is 0 Å². The average molecular weight is 282 g/mol. The number of nitrogens with one attached hydrogen (secondary N) is 2. The van der Waals surface area contributed by atoms with Crippen molar-refractivity contribution in [2.45, 2.75) is 46.5 Å². The first-order chi connectivity index (χ1) is 9.30. The molecule has 0 spiro atoms. The van der Waals surface area contributed by atoms with E-state index in [1.807, 2.05) is 17.5 Å². The highest BCUT2D eigenvalue weighted by Gasteiger charge is 2.01. The number of nitrogens with zero attached hydrogens (tertiary/aromatic N) is 2. The van der Waals surface area contributed by atoms with Gasteiger partial charge in [-0.05, 0) is 19.8 Å². The molecule has 0 aromatic carbocycles. The van der Waals surface area contributed by atoms with Gasteiger partial charge in [-0.3, -0.25) is 4.99 Å². The summed E-state index contributed by atoms with van der Waals surface area (Å²) in [7, 11) is 0. The van der Waals surface area contributed by atoms with E-state index in [9.17, 15) is 0 Å². The number of hydrogen-bond acceptors (Lipinski definition) is 3. The van der Waals surface area contributed by atoms with E-state index in [1.165, 1.54) is 16.3 Å². The van der Waals surface area contributed by atoms with Crippen molar-refractivity contribution in [3.05, 3.63) is 16.1 Å². The van der Waals surface area contributed by atoms with Gasteiger partial charge in [0, 0.05) is 37.1 Å². The second kappa shape index (κ2) is 9.78. The number of aromatic nitrogens is 1. The van der Waals surface area contributed by atoms with Crippen molar-refractivity contribution < 1.29 is 0 Å². The topological polar surface area (TPSA) is 49.3 Å². The fraction of sp³-hybridized carbons (Fsp3) is 0.714. The molecule has 1 rings (SSSR count). The summed E-state index contributed by atoms with van der Waals surface area (Å²) in [5.41, 5.74) is 0. The van der Waals surface area contributed by atoms with Gasteiger partial charge in [0.15, 0.2) is 5.96 Å². The van der Waals surface area contributed by atoms with Gasteiger partial charge >= 0.3 is 0 Å². The number of rotatable bonds is 8. The highest BCUT2D eigenvalue weighted by atomic mass is 32.1. The minimum atomic E-state index is 0.884. The van der Waals surface area contributed by atoms with Crippen molar-refractivity contribution in [3.8, 4) is 0 Å². The molecule has 108 valence electrons. The van der Waals surface area contributed by atoms with Crippen LogP contribution in [0.5, 0.6) is 0 Å². The number of hydrogen-bond donors (Lipinski definition) is 2. The monoisotopic (exact) mass is 282 g/mol. The lowest BCUT2D eigenvalue weighted by atomic mass is 10.3. The van der Waals surface area contributed by atoms with Crippen LogP contribution in [0.15, 0.2) is 11.2 Å². The molecule has 5 heteroatoms. The molecular formula is C14H26N4S. The zero-order chi connectivity index (χ0) is 13.9. The molecule has 0 aliphatic carbocycles. The molecule has 0 radical (unpaired) electrons. The van der Waals surface area contributed by atoms with E-state index < -0.39 is 0 Å². The van der Waals surface area contributed by atoms with Crippen LogP contribution in [0.2, 0.25) is 0 Å². The van der Waals surface area contributed by atoms with Gasteiger partial charge in [0.25, 0.3) is 0 Å². The van der Waals surface area contributed by atoms with E-state index in [0.29, 0.717) is 0 Å². The molecule has 0 aliphatic rings. The molecule has 0 saturated carbocycles. The maximum atomic E-state index is 4.53. The highest BCUT2D eigenvalue weighted by Crippen LogP contribution is 2.13. The SMILES string of the molecule is CCCCN=C(NCC)NCCc1ncc(CC)s1. The van der Waals surface area contributed by atoms with E-state index in [4.69, 9.17) is 0 Å². The van der Waals surface area contributed by atoms with Crippen molar-refractivity contribution >= 4 is 17.3 Å². The summed E-state index contributed by atoms with van der Waals surface area (Å²) in [4.78, 5) is 10.3. The van der Waals surface area contributed by atoms with Crippen LogP contribution in [0.4, 0.5) is 0 Å². The predicted molar refractivity (Wildman–Crippen MR) is 84.1 cm³/mol. The molecule has 0 aliphatic heterocycles. The first-order valence-corrected chi connectivity index (χ1v) is 8.07. The van der Waals surface area contributed by atoms with Crippen LogP contribution in [-0.2, 0) is 12.8 Å². The molecule has 1 aromatic rings. The molecule has 0 fully saturated rings. The number of unbranched alkanes of at least 4 members (excludes halogenated alkanes) is 1. The Hall–Kier alpha value is -1.10. The summed E-state index contributed by atoms with van der Waals surface area (Å²) in [5.74, 6) is 0.920. The fourth-order valence-corrected chi connectivity index (χ4v) is 2.47. The molecule has 0 amide bonds. The van der Waals surface area contributed by atoms with Crippen LogP contribution in [-0.4, -0.2) is 30.6 Å². The molecule has 4 nitrogen and oxygen atoms in total. The number of thiazole rings is 1. The van der Waals surface area contributed by atoms with Crippen molar-refractivity contribution in [1.82, 2.24) is 15.6 Å². The Bertz CT molecular complexity index is 373. The second-order valence-electron chi connectivity index (χ2n) is 4.36. The van der Waals surface area contributed by atoms with E-state index in [-0.39, 0.29) is 0 Å². The third-order valence-electron chi connectivity index (χ3n) is 2.71. The quantitative estimate of drug-likeness (QED) is 0.438. The highest BCUT2D eigenvalue weighted by molar-refractivity contribution is 7.11. The molecule has 2 N–H and O–H groups in total. The number of guanidine groups is 1. The van der Waals surface area contributed by atoms with Crippen LogP contribution in [0.1, 0.15) is 43.5 Å². The van der Waals surface area contributed by atoms with Crippen LogP contribution >= 0.6 is 11.3 Å². The molecular weight excluding hydrogens is 256 g/mol. The van der Waals surface area contributed by atoms with E-state index in [1.54, 1.807) is 0 Å². The van der Waals surface area contributed by atoms with Gasteiger partial charge in [-0.25, -0.2) is 4.98 Å². The molecule has 0 bridgehead atoms. The Kier molecular flexibility index (Phi) is 8.21. The summed E-state index contributed by atoms with van der Waals surface area (Å²) < 4.78 is 0. The van der Waals surface area contributed by atoms with Crippen molar-refractivity contribution in [2.75, 3.05) is 19.6 Å². The van der Waals surface area contributed by atoms with Crippen LogP contribution in [0, 0.1) is 0 Å². The smallest absolute Gasteiger partial charge is 0.191 e. The van der Waals surface area contributed by atoms with Gasteiger partial charge < -0.3 is 10.6 Å². The molecule has 0 saturated heterocycles. The minimum Gasteiger partial charge on any atom is -0.357 e. The normalized spacial score (nSPS) is 11.6. The Labute approximate surface area is 120 Å². The van der Waals surface area contributed by atoms with Crippen LogP contribution in [0.25, 0.3) is 0 Å². The summed E-state index contributed by atoms with van der Waals surface area (Å²) >= 11 is 1.81. The van der Waals surface area contributed by atoms with Gasteiger partial charge in [-0.2, -0.15) is 0 Å². The van der Waals surface area contributed by atoms with Gasteiger partial charge in [-0.1, -0.05) is 20.3 Å². The van der Waals surface area contributed by atoms with Gasteiger partial charge in [0.05, 0.1) is 5.01 Å². The van der Waals surface area contributed by atoms with Crippen LogP contribution in [0.3, 0.4) is 0 Å². The predicted octanol–water partition coefficient (Wildman–Crippen LogP) is 2.60. The van der Waals surface area contributed by atoms with Crippen molar-refractivity contribution in [1.29, 1.82) is 0 Å². The summed E-state index contributed by atoms with van der Waals surface area (Å²) in [6.07, 6.45) is 6.35. The van der Waals surface area contributed by atoms with Crippen molar-refractivity contribution in [2.24, 2.45) is 4.99 Å². The lowest BCUT2D eigenvalue weighted by Crippen LogP contribution is -2.38. The summed E-state index contributed by atoms with van der Waals surface area (Å²) in [6.45, 7) is 9.11. The third-order valence-corrected chi connectivity index (χ3v) is 3.91. The lowest BCUT2D eigenvalue weighted by molar-refractivity contribution is 0.766. The van der Waals surface area contributed by atoms with E-state index >= 15 is 0 Å². The Morgan fingerprint density at radius 2 is 2.16 bits per heavy atom. The van der Waals surface area contributed by atoms with Gasteiger partial charge in [0.1, 0.15) is 0 Å². The molecule has 0 atom stereocenters. The van der Waals surface area contributed by atoms with E-state index in [2.05, 4.69) is 41.4 Å². The van der Waals surface area contributed by atoms with Gasteiger partial charge in [-0.15, -0.1) is 11.3 Å². The molecule has 1 aromatic heterocycles. The summed E-state index contributed by atoms with van der Waals surface area (Å²) in [5, 5.41) is 7.83. The first kappa shape index (κ1) is 16.0.